The van der Waals surface area contributed by atoms with Crippen molar-refractivity contribution in [3.63, 3.8) is 0 Å². The molecule has 0 aromatic heterocycles. The molecule has 1 saturated heterocycles. The molecule has 0 aliphatic carbocycles. The Hall–Kier alpha value is -0.860. The van der Waals surface area contributed by atoms with E-state index in [9.17, 15) is 0 Å². The maximum Gasteiger partial charge on any atom is 0.0844 e. The van der Waals surface area contributed by atoms with E-state index in [4.69, 9.17) is 9.84 Å². The second-order valence-electron chi connectivity index (χ2n) is 4.25. The Morgan fingerprint density at radius 3 is 2.60 bits per heavy atom. The van der Waals surface area contributed by atoms with E-state index in [1.165, 1.54) is 5.56 Å². The Bertz CT molecular complexity index is 293. The molecule has 0 saturated carbocycles. The lowest BCUT2D eigenvalue weighted by atomic mass is 9.83. The Morgan fingerprint density at radius 1 is 1.40 bits per heavy atom. The topological polar surface area (TPSA) is 32.8 Å². The van der Waals surface area contributed by atoms with Crippen molar-refractivity contribution < 1.29 is 9.84 Å². The molecule has 3 unspecified atom stereocenters. The minimum atomic E-state index is 0.252. The van der Waals surface area contributed by atoms with Crippen molar-refractivity contribution in [3.05, 3.63) is 35.9 Å². The molecular formula is C13H18O2. The molecule has 2 nitrogen and oxygen atoms in total. The first-order chi connectivity index (χ1) is 7.33. The number of hydrogen-bond donors (Lipinski definition) is 1. The molecule has 1 aromatic carbocycles. The Labute approximate surface area is 90.9 Å². The highest BCUT2D eigenvalue weighted by atomic mass is 16.6. The molecule has 2 heteroatoms. The predicted molar refractivity (Wildman–Crippen MR) is 59.8 cm³/mol. The SMILES string of the molecule is CC(c1ccccc1)C(CCO)C1CO1. The van der Waals surface area contributed by atoms with Crippen LogP contribution in [0.1, 0.15) is 24.8 Å². The van der Waals surface area contributed by atoms with Crippen molar-refractivity contribution in [1.82, 2.24) is 0 Å². The molecule has 1 N–H and O–H groups in total. The molecule has 15 heavy (non-hydrogen) atoms. The van der Waals surface area contributed by atoms with E-state index in [2.05, 4.69) is 31.2 Å². The van der Waals surface area contributed by atoms with Gasteiger partial charge in [-0.1, -0.05) is 37.3 Å². The number of ether oxygens (including phenoxy) is 1. The highest BCUT2D eigenvalue weighted by Gasteiger charge is 2.36. The van der Waals surface area contributed by atoms with Gasteiger partial charge in [0.15, 0.2) is 0 Å². The Morgan fingerprint density at radius 2 is 2.07 bits per heavy atom. The highest BCUT2D eigenvalue weighted by molar-refractivity contribution is 5.20. The summed E-state index contributed by atoms with van der Waals surface area (Å²) in [5, 5.41) is 9.05. The van der Waals surface area contributed by atoms with Gasteiger partial charge in [0.1, 0.15) is 0 Å². The van der Waals surface area contributed by atoms with E-state index < -0.39 is 0 Å². The van der Waals surface area contributed by atoms with Gasteiger partial charge in [-0.2, -0.15) is 0 Å². The molecule has 1 heterocycles. The van der Waals surface area contributed by atoms with E-state index in [0.717, 1.165) is 13.0 Å². The number of aliphatic hydroxyl groups excluding tert-OH is 1. The van der Waals surface area contributed by atoms with Gasteiger partial charge in [0.2, 0.25) is 0 Å². The summed E-state index contributed by atoms with van der Waals surface area (Å²) < 4.78 is 5.35. The fourth-order valence-electron chi connectivity index (χ4n) is 2.21. The number of benzene rings is 1. The number of aliphatic hydroxyl groups is 1. The molecule has 2 rings (SSSR count). The van der Waals surface area contributed by atoms with Crippen LogP contribution in [0.2, 0.25) is 0 Å². The van der Waals surface area contributed by atoms with Gasteiger partial charge in [-0.05, 0) is 23.8 Å². The number of hydrogen-bond acceptors (Lipinski definition) is 2. The molecule has 3 atom stereocenters. The van der Waals surface area contributed by atoms with Crippen LogP contribution in [0, 0.1) is 5.92 Å². The van der Waals surface area contributed by atoms with Crippen molar-refractivity contribution >= 4 is 0 Å². The maximum absolute atomic E-state index is 9.05. The standard InChI is InChI=1S/C13H18O2/c1-10(11-5-3-2-4-6-11)12(7-8-14)13-9-15-13/h2-6,10,12-14H,7-9H2,1H3. The Balaban J connectivity index is 2.07. The predicted octanol–water partition coefficient (Wildman–Crippen LogP) is 2.19. The number of rotatable bonds is 5. The second-order valence-corrected chi connectivity index (χ2v) is 4.25. The Kier molecular flexibility index (Phi) is 3.39. The molecule has 1 aromatic rings. The summed E-state index contributed by atoms with van der Waals surface area (Å²) in [7, 11) is 0. The van der Waals surface area contributed by atoms with Crippen molar-refractivity contribution in [2.75, 3.05) is 13.2 Å². The molecule has 0 amide bonds. The van der Waals surface area contributed by atoms with Gasteiger partial charge in [-0.25, -0.2) is 0 Å². The van der Waals surface area contributed by atoms with Crippen molar-refractivity contribution in [2.45, 2.75) is 25.4 Å². The molecule has 1 aliphatic heterocycles. The van der Waals surface area contributed by atoms with E-state index in [-0.39, 0.29) is 6.61 Å². The van der Waals surface area contributed by atoms with E-state index in [0.29, 0.717) is 17.9 Å². The summed E-state index contributed by atoms with van der Waals surface area (Å²) in [5.41, 5.74) is 1.34. The van der Waals surface area contributed by atoms with Crippen molar-refractivity contribution in [3.8, 4) is 0 Å². The normalized spacial score (nSPS) is 23.5. The molecule has 1 fully saturated rings. The molecule has 1 aliphatic rings. The first-order valence-corrected chi connectivity index (χ1v) is 5.60. The van der Waals surface area contributed by atoms with Crippen LogP contribution in [0.15, 0.2) is 30.3 Å². The van der Waals surface area contributed by atoms with Crippen molar-refractivity contribution in [2.24, 2.45) is 5.92 Å². The van der Waals surface area contributed by atoms with E-state index in [1.54, 1.807) is 0 Å². The molecular weight excluding hydrogens is 188 g/mol. The van der Waals surface area contributed by atoms with Crippen LogP contribution in [0.4, 0.5) is 0 Å². The van der Waals surface area contributed by atoms with Gasteiger partial charge in [0.05, 0.1) is 12.7 Å². The average Bonchev–Trinajstić information content (AvgIpc) is 3.10. The summed E-state index contributed by atoms with van der Waals surface area (Å²) >= 11 is 0. The smallest absolute Gasteiger partial charge is 0.0844 e. The zero-order valence-electron chi connectivity index (χ0n) is 9.10. The minimum Gasteiger partial charge on any atom is -0.396 e. The van der Waals surface area contributed by atoms with Gasteiger partial charge in [-0.3, -0.25) is 0 Å². The van der Waals surface area contributed by atoms with E-state index >= 15 is 0 Å². The number of epoxide rings is 1. The summed E-state index contributed by atoms with van der Waals surface area (Å²) in [6, 6.07) is 10.5. The average molecular weight is 206 g/mol. The minimum absolute atomic E-state index is 0.252. The maximum atomic E-state index is 9.05. The van der Waals surface area contributed by atoms with Crippen LogP contribution in [0.25, 0.3) is 0 Å². The van der Waals surface area contributed by atoms with Crippen LogP contribution in [0.5, 0.6) is 0 Å². The lowest BCUT2D eigenvalue weighted by molar-refractivity contribution is 0.214. The van der Waals surface area contributed by atoms with Gasteiger partial charge < -0.3 is 9.84 Å². The zero-order chi connectivity index (χ0) is 10.7. The summed E-state index contributed by atoms with van der Waals surface area (Å²) in [4.78, 5) is 0. The molecule has 82 valence electrons. The quantitative estimate of drug-likeness (QED) is 0.749. The van der Waals surface area contributed by atoms with Gasteiger partial charge in [0.25, 0.3) is 0 Å². The molecule has 0 bridgehead atoms. The van der Waals surface area contributed by atoms with Crippen LogP contribution >= 0.6 is 0 Å². The summed E-state index contributed by atoms with van der Waals surface area (Å²) in [6.07, 6.45) is 1.20. The summed E-state index contributed by atoms with van der Waals surface area (Å²) in [5.74, 6) is 0.920. The van der Waals surface area contributed by atoms with Crippen molar-refractivity contribution in [1.29, 1.82) is 0 Å². The van der Waals surface area contributed by atoms with Crippen LogP contribution in [0.3, 0.4) is 0 Å². The second kappa shape index (κ2) is 4.77. The first-order valence-electron chi connectivity index (χ1n) is 5.60. The summed E-state index contributed by atoms with van der Waals surface area (Å²) in [6.45, 7) is 3.33. The first kappa shape index (κ1) is 10.7. The van der Waals surface area contributed by atoms with Gasteiger partial charge in [0, 0.05) is 6.61 Å². The lowest BCUT2D eigenvalue weighted by Gasteiger charge is -2.21. The largest absolute Gasteiger partial charge is 0.396 e. The highest BCUT2D eigenvalue weighted by Crippen LogP contribution is 2.35. The third-order valence-corrected chi connectivity index (χ3v) is 3.27. The van der Waals surface area contributed by atoms with E-state index in [1.807, 2.05) is 6.07 Å². The third-order valence-electron chi connectivity index (χ3n) is 3.27. The van der Waals surface area contributed by atoms with Crippen LogP contribution in [-0.2, 0) is 4.74 Å². The third kappa shape index (κ3) is 2.58. The van der Waals surface area contributed by atoms with Crippen LogP contribution < -0.4 is 0 Å². The molecule has 0 radical (unpaired) electrons. The van der Waals surface area contributed by atoms with Gasteiger partial charge >= 0.3 is 0 Å². The lowest BCUT2D eigenvalue weighted by Crippen LogP contribution is -2.17. The fraction of sp³-hybridized carbons (Fsp3) is 0.538. The zero-order valence-corrected chi connectivity index (χ0v) is 9.10. The monoisotopic (exact) mass is 206 g/mol. The van der Waals surface area contributed by atoms with Gasteiger partial charge in [-0.15, -0.1) is 0 Å². The fourth-order valence-corrected chi connectivity index (χ4v) is 2.21. The van der Waals surface area contributed by atoms with Crippen LogP contribution in [-0.4, -0.2) is 24.4 Å². The molecule has 0 spiro atoms.